The molecule has 7 heteroatoms. The zero-order chi connectivity index (χ0) is 12.8. The second-order valence-electron chi connectivity index (χ2n) is 3.04. The second kappa shape index (κ2) is 8.79. The summed E-state index contributed by atoms with van der Waals surface area (Å²) in [7, 11) is 0. The van der Waals surface area contributed by atoms with Crippen molar-refractivity contribution in [3.8, 4) is 0 Å². The number of carbonyl (C=O) groups is 2. The van der Waals surface area contributed by atoms with Gasteiger partial charge in [-0.05, 0) is 6.07 Å². The van der Waals surface area contributed by atoms with E-state index in [1.54, 1.807) is 6.20 Å². The summed E-state index contributed by atoms with van der Waals surface area (Å²) in [6.45, 7) is 3.82. The molecular formula is C11H10ClKN2O3. The Bertz CT molecular complexity index is 542. The summed E-state index contributed by atoms with van der Waals surface area (Å²) >= 11 is 5.86. The molecule has 0 atom stereocenters. The van der Waals surface area contributed by atoms with Gasteiger partial charge in [0.15, 0.2) is 5.15 Å². The van der Waals surface area contributed by atoms with Gasteiger partial charge in [0.25, 0.3) is 0 Å². The molecule has 5 nitrogen and oxygen atoms in total. The first-order chi connectivity index (χ1) is 8.10. The average Bonchev–Trinajstić information content (AvgIpc) is 2.74. The number of aromatic amines is 1. The predicted octanol–water partition coefficient (Wildman–Crippen LogP) is -1.13. The van der Waals surface area contributed by atoms with Crippen molar-refractivity contribution in [1.82, 2.24) is 9.97 Å². The molecule has 2 aromatic heterocycles. The third kappa shape index (κ3) is 4.79. The van der Waals surface area contributed by atoms with Crippen molar-refractivity contribution in [2.24, 2.45) is 0 Å². The fourth-order valence-electron chi connectivity index (χ4n) is 1.29. The van der Waals surface area contributed by atoms with Crippen LogP contribution in [0.15, 0.2) is 18.5 Å². The van der Waals surface area contributed by atoms with E-state index >= 15 is 0 Å². The summed E-state index contributed by atoms with van der Waals surface area (Å²) in [5.74, 6) is -1.43. The van der Waals surface area contributed by atoms with Gasteiger partial charge in [-0.3, -0.25) is 4.79 Å². The van der Waals surface area contributed by atoms with Crippen molar-refractivity contribution in [3.63, 3.8) is 0 Å². The monoisotopic (exact) mass is 292 g/mol. The largest absolute Gasteiger partial charge is 1.00 e. The number of carboxylic acids is 1. The molecule has 0 spiro atoms. The van der Waals surface area contributed by atoms with E-state index in [-0.39, 0.29) is 57.7 Å². The van der Waals surface area contributed by atoms with Gasteiger partial charge in [0.1, 0.15) is 0 Å². The van der Waals surface area contributed by atoms with Crippen molar-refractivity contribution >= 4 is 34.8 Å². The van der Waals surface area contributed by atoms with Crippen LogP contribution in [0.3, 0.4) is 0 Å². The van der Waals surface area contributed by atoms with Crippen molar-refractivity contribution in [2.45, 2.75) is 6.42 Å². The van der Waals surface area contributed by atoms with Gasteiger partial charge in [-0.2, -0.15) is 6.42 Å². The van der Waals surface area contributed by atoms with Crippen LogP contribution in [0.2, 0.25) is 5.15 Å². The Hall–Kier alpha value is -0.244. The van der Waals surface area contributed by atoms with Gasteiger partial charge >= 0.3 is 57.4 Å². The first-order valence-electron chi connectivity index (χ1n) is 4.68. The van der Waals surface area contributed by atoms with Gasteiger partial charge in [0.05, 0.1) is 5.52 Å². The van der Waals surface area contributed by atoms with Gasteiger partial charge in [0.2, 0.25) is 6.29 Å². The number of pyridine rings is 1. The molecule has 2 aromatic rings. The molecule has 2 rings (SSSR count). The zero-order valence-electron chi connectivity index (χ0n) is 9.81. The number of rotatable bonds is 2. The van der Waals surface area contributed by atoms with Gasteiger partial charge in [-0.15, -0.1) is 0 Å². The second-order valence-corrected chi connectivity index (χ2v) is 3.40. The third-order valence-corrected chi connectivity index (χ3v) is 2.30. The van der Waals surface area contributed by atoms with Gasteiger partial charge in [-0.25, -0.2) is 9.78 Å². The van der Waals surface area contributed by atoms with Crippen LogP contribution >= 0.6 is 11.6 Å². The van der Waals surface area contributed by atoms with Crippen molar-refractivity contribution in [1.29, 1.82) is 0 Å². The van der Waals surface area contributed by atoms with E-state index in [0.29, 0.717) is 5.15 Å². The Morgan fingerprint density at radius 2 is 2.22 bits per heavy atom. The summed E-state index contributed by atoms with van der Waals surface area (Å²) in [6, 6.07) is 1.94. The third-order valence-electron chi connectivity index (χ3n) is 2.01. The Morgan fingerprint density at radius 3 is 2.72 bits per heavy atom. The number of nitrogens with zero attached hydrogens (tertiary/aromatic N) is 1. The molecule has 0 aromatic carbocycles. The molecule has 0 radical (unpaired) electrons. The Labute approximate surface area is 151 Å². The Kier molecular flexibility index (Phi) is 8.67. The van der Waals surface area contributed by atoms with Crippen molar-refractivity contribution in [3.05, 3.63) is 36.1 Å². The van der Waals surface area contributed by atoms with Crippen LogP contribution in [0, 0.1) is 6.92 Å². The van der Waals surface area contributed by atoms with Gasteiger partial charge in [-0.1, -0.05) is 17.2 Å². The average molecular weight is 293 g/mol. The summed E-state index contributed by atoms with van der Waals surface area (Å²) in [6.07, 6.45) is 4.23. The molecule has 2 N–H and O–H groups in total. The molecule has 0 aliphatic rings. The number of aliphatic carboxylic acids is 1. The van der Waals surface area contributed by atoms with Crippen LogP contribution in [-0.2, 0) is 16.0 Å². The number of carboxylic acid groups (broad SMARTS) is 1. The van der Waals surface area contributed by atoms with E-state index in [1.165, 1.54) is 5.56 Å². The molecule has 0 unspecified atom stereocenters. The molecule has 0 saturated carbocycles. The zero-order valence-corrected chi connectivity index (χ0v) is 13.7. The molecule has 0 aliphatic carbocycles. The first kappa shape index (κ1) is 17.8. The minimum Gasteiger partial charge on any atom is -0.476 e. The molecule has 18 heavy (non-hydrogen) atoms. The summed E-state index contributed by atoms with van der Waals surface area (Å²) < 4.78 is 0. The number of hydrogen-bond donors (Lipinski definition) is 2. The smallest absolute Gasteiger partial charge is 0.476 e. The van der Waals surface area contributed by atoms with Crippen molar-refractivity contribution in [2.75, 3.05) is 0 Å². The van der Waals surface area contributed by atoms with E-state index in [0.717, 1.165) is 17.3 Å². The molecule has 2 heterocycles. The summed E-state index contributed by atoms with van der Waals surface area (Å²) in [5, 5.41) is 8.99. The van der Waals surface area contributed by atoms with E-state index in [4.69, 9.17) is 26.3 Å². The summed E-state index contributed by atoms with van der Waals surface area (Å²) in [4.78, 5) is 24.9. The van der Waals surface area contributed by atoms with E-state index in [9.17, 15) is 0 Å². The SMILES string of the molecule is O=CC(=O)O.[CH2-]Cc1c[nH]c2c(Cl)nccc12.[K+]. The van der Waals surface area contributed by atoms with Gasteiger partial charge < -0.3 is 17.0 Å². The quantitative estimate of drug-likeness (QED) is 0.241. The predicted molar refractivity (Wildman–Crippen MR) is 63.9 cm³/mol. The van der Waals surface area contributed by atoms with Crippen LogP contribution < -0.4 is 51.4 Å². The number of nitrogens with one attached hydrogen (secondary N) is 1. The number of aromatic nitrogens is 2. The maximum atomic E-state index is 9.00. The van der Waals surface area contributed by atoms with Gasteiger partial charge in [0, 0.05) is 17.8 Å². The molecule has 90 valence electrons. The van der Waals surface area contributed by atoms with Crippen LogP contribution in [0.5, 0.6) is 0 Å². The maximum absolute atomic E-state index is 9.00. The number of hydrogen-bond acceptors (Lipinski definition) is 3. The molecule has 0 aliphatic heterocycles. The van der Waals surface area contributed by atoms with Crippen molar-refractivity contribution < 1.29 is 66.1 Å². The van der Waals surface area contributed by atoms with Crippen LogP contribution in [0.25, 0.3) is 10.9 Å². The minimum atomic E-state index is -1.43. The standard InChI is InChI=1S/C9H8ClN2.C2H2O3.K/c1-2-6-5-12-8-7(6)3-4-11-9(8)10;3-1-2(4)5;/h3-5,12H,1-2H2;1H,(H,4,5);/q-1;;+1. The normalized spacial score (nSPS) is 9.00. The maximum Gasteiger partial charge on any atom is 1.00 e. The molecule has 0 amide bonds. The fourth-order valence-corrected chi connectivity index (χ4v) is 1.50. The number of halogens is 1. The topological polar surface area (TPSA) is 83.0 Å². The van der Waals surface area contributed by atoms with E-state index in [1.807, 2.05) is 12.3 Å². The Balaban J connectivity index is 0.000000421. The molecule has 0 saturated heterocycles. The number of carbonyl (C=O) groups excluding carboxylic acids is 1. The van der Waals surface area contributed by atoms with Crippen LogP contribution in [-0.4, -0.2) is 27.3 Å². The first-order valence-corrected chi connectivity index (χ1v) is 5.05. The van der Waals surface area contributed by atoms with Crippen LogP contribution in [0.4, 0.5) is 0 Å². The van der Waals surface area contributed by atoms with E-state index < -0.39 is 5.97 Å². The number of fused-ring (bicyclic) bond motifs is 1. The molecule has 0 bridgehead atoms. The molecular weight excluding hydrogens is 283 g/mol. The molecule has 0 fully saturated rings. The van der Waals surface area contributed by atoms with E-state index in [2.05, 4.69) is 16.9 Å². The minimum absolute atomic E-state index is 0. The number of aldehydes is 1. The van der Waals surface area contributed by atoms with Crippen LogP contribution in [0.1, 0.15) is 5.56 Å². The number of H-pyrrole nitrogens is 1. The fraction of sp³-hybridized carbons (Fsp3) is 0.0909. The summed E-state index contributed by atoms with van der Waals surface area (Å²) in [5.41, 5.74) is 2.08. The Morgan fingerprint density at radius 1 is 1.61 bits per heavy atom.